The van der Waals surface area contributed by atoms with E-state index in [1.165, 1.54) is 4.68 Å². The maximum atomic E-state index is 13.2. The standard InChI is InChI=1S/C24H22N4O3S/c29-23(28-22-14-8-7-13-20(22)26-27-28)21(17-32-16-19-11-5-2-6-12-19)25-24(30)31-15-18-9-3-1-4-10-18/h1-14,21H,15-17H2,(H,25,30)/t21-/m0/s1. The lowest BCUT2D eigenvalue weighted by Crippen LogP contribution is -2.45. The van der Waals surface area contributed by atoms with Gasteiger partial charge in [0.1, 0.15) is 18.2 Å². The molecule has 1 amide bonds. The molecule has 162 valence electrons. The van der Waals surface area contributed by atoms with Crippen LogP contribution in [0.2, 0.25) is 0 Å². The molecule has 7 nitrogen and oxygen atoms in total. The van der Waals surface area contributed by atoms with Gasteiger partial charge in [-0.05, 0) is 23.3 Å². The van der Waals surface area contributed by atoms with Crippen molar-refractivity contribution < 1.29 is 14.3 Å². The number of para-hydroxylation sites is 1. The van der Waals surface area contributed by atoms with E-state index in [2.05, 4.69) is 15.6 Å². The van der Waals surface area contributed by atoms with E-state index in [9.17, 15) is 9.59 Å². The highest BCUT2D eigenvalue weighted by molar-refractivity contribution is 7.98. The second-order valence-corrected chi connectivity index (χ2v) is 8.12. The average Bonchev–Trinajstić information content (AvgIpc) is 3.27. The lowest BCUT2D eigenvalue weighted by Gasteiger charge is -2.17. The molecule has 4 aromatic rings. The van der Waals surface area contributed by atoms with Crippen LogP contribution in [0, 0.1) is 0 Å². The fourth-order valence-corrected chi connectivity index (χ4v) is 4.14. The van der Waals surface area contributed by atoms with Gasteiger partial charge >= 0.3 is 6.09 Å². The van der Waals surface area contributed by atoms with Crippen molar-refractivity contribution in [2.45, 2.75) is 18.4 Å². The number of rotatable bonds is 8. The van der Waals surface area contributed by atoms with Gasteiger partial charge in [0, 0.05) is 11.5 Å². The summed E-state index contributed by atoms with van der Waals surface area (Å²) in [6.45, 7) is 0.122. The number of fused-ring (bicyclic) bond motifs is 1. The Morgan fingerprint density at radius 2 is 1.56 bits per heavy atom. The van der Waals surface area contributed by atoms with E-state index >= 15 is 0 Å². The van der Waals surface area contributed by atoms with E-state index in [-0.39, 0.29) is 12.5 Å². The van der Waals surface area contributed by atoms with E-state index < -0.39 is 12.1 Å². The molecule has 1 N–H and O–H groups in total. The summed E-state index contributed by atoms with van der Waals surface area (Å²) in [4.78, 5) is 25.7. The van der Waals surface area contributed by atoms with Crippen LogP contribution >= 0.6 is 11.8 Å². The molecule has 0 radical (unpaired) electrons. The molecule has 1 heterocycles. The lowest BCUT2D eigenvalue weighted by atomic mass is 10.2. The van der Waals surface area contributed by atoms with Gasteiger partial charge in [0.25, 0.3) is 5.91 Å². The van der Waals surface area contributed by atoms with Gasteiger partial charge in [-0.25, -0.2) is 4.79 Å². The first-order valence-corrected chi connectivity index (χ1v) is 11.3. The predicted octanol–water partition coefficient (Wildman–Crippen LogP) is 4.30. The fraction of sp³-hybridized carbons (Fsp3) is 0.167. The van der Waals surface area contributed by atoms with Crippen molar-refractivity contribution in [3.05, 3.63) is 96.1 Å². The van der Waals surface area contributed by atoms with E-state index in [0.29, 0.717) is 22.5 Å². The monoisotopic (exact) mass is 446 g/mol. The SMILES string of the molecule is O=C(N[C@@H](CSCc1ccccc1)C(=O)n1nnc2ccccc21)OCc1ccccc1. The first kappa shape index (κ1) is 21.6. The van der Waals surface area contributed by atoms with Crippen molar-refractivity contribution in [3.63, 3.8) is 0 Å². The third-order valence-corrected chi connectivity index (χ3v) is 5.87. The van der Waals surface area contributed by atoms with Crippen LogP contribution in [-0.4, -0.2) is 38.8 Å². The number of carbonyl (C=O) groups excluding carboxylic acids is 2. The van der Waals surface area contributed by atoms with E-state index in [4.69, 9.17) is 4.74 Å². The fourth-order valence-electron chi connectivity index (χ4n) is 3.13. The number of nitrogens with zero attached hydrogens (tertiary/aromatic N) is 3. The van der Waals surface area contributed by atoms with Crippen molar-refractivity contribution in [2.24, 2.45) is 0 Å². The number of aromatic nitrogens is 3. The van der Waals surface area contributed by atoms with Crippen molar-refractivity contribution in [1.29, 1.82) is 0 Å². The zero-order valence-corrected chi connectivity index (χ0v) is 18.1. The normalized spacial score (nSPS) is 11.8. The van der Waals surface area contributed by atoms with Gasteiger partial charge in [0.15, 0.2) is 0 Å². The molecular formula is C24H22N4O3S. The molecule has 8 heteroatoms. The van der Waals surface area contributed by atoms with Gasteiger partial charge in [-0.3, -0.25) is 4.79 Å². The average molecular weight is 447 g/mol. The van der Waals surface area contributed by atoms with Crippen molar-refractivity contribution >= 4 is 34.8 Å². The molecule has 32 heavy (non-hydrogen) atoms. The number of ether oxygens (including phenoxy) is 1. The minimum absolute atomic E-state index is 0.122. The highest BCUT2D eigenvalue weighted by atomic mass is 32.2. The van der Waals surface area contributed by atoms with Crippen LogP contribution in [0.4, 0.5) is 4.79 Å². The maximum Gasteiger partial charge on any atom is 0.408 e. The molecule has 0 unspecified atom stereocenters. The second-order valence-electron chi connectivity index (χ2n) is 7.09. The van der Waals surface area contributed by atoms with Gasteiger partial charge in [-0.2, -0.15) is 16.4 Å². The van der Waals surface area contributed by atoms with Gasteiger partial charge < -0.3 is 10.1 Å². The van der Waals surface area contributed by atoms with Gasteiger partial charge in [-0.1, -0.05) is 78.0 Å². The highest BCUT2D eigenvalue weighted by Crippen LogP contribution is 2.16. The number of carbonyl (C=O) groups is 2. The quantitative estimate of drug-likeness (QED) is 0.434. The molecule has 0 spiro atoms. The zero-order chi connectivity index (χ0) is 22.2. The summed E-state index contributed by atoms with van der Waals surface area (Å²) in [6.07, 6.45) is -0.656. The van der Waals surface area contributed by atoms with E-state index in [1.54, 1.807) is 23.9 Å². The molecule has 0 saturated heterocycles. The molecular weight excluding hydrogens is 424 g/mol. The minimum atomic E-state index is -0.822. The molecule has 0 saturated carbocycles. The Morgan fingerprint density at radius 1 is 0.906 bits per heavy atom. The Bertz CT molecular complexity index is 1180. The van der Waals surface area contributed by atoms with Crippen LogP contribution in [0.25, 0.3) is 11.0 Å². The Hall–Kier alpha value is -3.65. The van der Waals surface area contributed by atoms with Gasteiger partial charge in [0.05, 0.1) is 5.52 Å². The summed E-state index contributed by atoms with van der Waals surface area (Å²) in [5.41, 5.74) is 3.21. The maximum absolute atomic E-state index is 13.2. The van der Waals surface area contributed by atoms with Crippen LogP contribution in [0.3, 0.4) is 0 Å². The number of amides is 1. The molecule has 1 aromatic heterocycles. The van der Waals surface area contributed by atoms with Crippen molar-refractivity contribution in [1.82, 2.24) is 20.3 Å². The zero-order valence-electron chi connectivity index (χ0n) is 17.3. The van der Waals surface area contributed by atoms with E-state index in [1.807, 2.05) is 72.8 Å². The number of thioether (sulfide) groups is 1. The number of hydrogen-bond donors (Lipinski definition) is 1. The molecule has 0 fully saturated rings. The minimum Gasteiger partial charge on any atom is -0.445 e. The summed E-state index contributed by atoms with van der Waals surface area (Å²) in [5, 5.41) is 10.8. The Morgan fingerprint density at radius 3 is 2.31 bits per heavy atom. The summed E-state index contributed by atoms with van der Waals surface area (Å²) in [7, 11) is 0. The molecule has 0 aliphatic rings. The molecule has 1 atom stereocenters. The largest absolute Gasteiger partial charge is 0.445 e. The smallest absolute Gasteiger partial charge is 0.408 e. The van der Waals surface area contributed by atoms with Gasteiger partial charge in [-0.15, -0.1) is 5.10 Å². The number of alkyl carbamates (subject to hydrolysis) is 1. The number of nitrogens with one attached hydrogen (secondary N) is 1. The Kier molecular flexibility index (Phi) is 7.14. The second kappa shape index (κ2) is 10.6. The highest BCUT2D eigenvalue weighted by Gasteiger charge is 2.25. The third-order valence-electron chi connectivity index (χ3n) is 4.76. The summed E-state index contributed by atoms with van der Waals surface area (Å²) in [6, 6.07) is 25.7. The summed E-state index contributed by atoms with van der Waals surface area (Å²) >= 11 is 1.55. The summed E-state index contributed by atoms with van der Waals surface area (Å²) in [5.74, 6) is 0.710. The predicted molar refractivity (Wildman–Crippen MR) is 124 cm³/mol. The Labute approximate surface area is 189 Å². The van der Waals surface area contributed by atoms with Crippen molar-refractivity contribution in [2.75, 3.05) is 5.75 Å². The van der Waals surface area contributed by atoms with E-state index in [0.717, 1.165) is 11.1 Å². The lowest BCUT2D eigenvalue weighted by molar-refractivity contribution is 0.0837. The number of benzene rings is 3. The molecule has 4 rings (SSSR count). The molecule has 0 aliphatic carbocycles. The van der Waals surface area contributed by atoms with Gasteiger partial charge in [0.2, 0.25) is 0 Å². The first-order chi connectivity index (χ1) is 15.7. The van der Waals surface area contributed by atoms with Crippen LogP contribution in [-0.2, 0) is 17.1 Å². The molecule has 3 aromatic carbocycles. The summed E-state index contributed by atoms with van der Waals surface area (Å²) < 4.78 is 6.56. The van der Waals surface area contributed by atoms with Crippen LogP contribution in [0.5, 0.6) is 0 Å². The van der Waals surface area contributed by atoms with Crippen LogP contribution in [0.1, 0.15) is 15.9 Å². The number of hydrogen-bond acceptors (Lipinski definition) is 6. The first-order valence-electron chi connectivity index (χ1n) is 10.1. The topological polar surface area (TPSA) is 86.1 Å². The Balaban J connectivity index is 1.45. The van der Waals surface area contributed by atoms with Crippen molar-refractivity contribution in [3.8, 4) is 0 Å². The molecule has 0 aliphatic heterocycles. The third kappa shape index (κ3) is 5.53. The van der Waals surface area contributed by atoms with Crippen LogP contribution < -0.4 is 5.32 Å². The van der Waals surface area contributed by atoms with Crippen LogP contribution in [0.15, 0.2) is 84.9 Å². The molecule has 0 bridgehead atoms.